The highest BCUT2D eigenvalue weighted by Gasteiger charge is 2.09. The van der Waals surface area contributed by atoms with Crippen molar-refractivity contribution >= 4 is 28.8 Å². The van der Waals surface area contributed by atoms with E-state index in [4.69, 9.17) is 10.5 Å². The van der Waals surface area contributed by atoms with Crippen LogP contribution in [0.5, 0.6) is 0 Å². The number of hydrogen-bond acceptors (Lipinski definition) is 5. The number of nitrogens with two attached hydrogens (primary N) is 1. The van der Waals surface area contributed by atoms with Gasteiger partial charge >= 0.3 is 6.09 Å². The summed E-state index contributed by atoms with van der Waals surface area (Å²) in [4.78, 5) is 17.1. The van der Waals surface area contributed by atoms with Crippen LogP contribution in [0, 0.1) is 0 Å². The number of anilines is 2. The van der Waals surface area contributed by atoms with Crippen LogP contribution in [0.15, 0.2) is 60.1 Å². The minimum atomic E-state index is -0.564. The van der Waals surface area contributed by atoms with E-state index in [1.807, 2.05) is 35.7 Å². The van der Waals surface area contributed by atoms with Crippen LogP contribution >= 0.6 is 11.3 Å². The Hall–Kier alpha value is -2.86. The molecule has 1 aromatic carbocycles. The van der Waals surface area contributed by atoms with Crippen molar-refractivity contribution in [3.05, 3.63) is 65.8 Å². The van der Waals surface area contributed by atoms with E-state index in [2.05, 4.69) is 10.3 Å². The number of hydrogen-bond donors (Lipinski definition) is 2. The lowest BCUT2D eigenvalue weighted by molar-refractivity contribution is 0.153. The van der Waals surface area contributed by atoms with Crippen molar-refractivity contribution in [1.82, 2.24) is 4.98 Å². The standard InChI is InChI=1S/C17H15N3O2S/c18-14-7-6-12(16-5-3-9-23-16)10-15(14)20-17(21)22-11-13-4-1-2-8-19-13/h1-10H,11,18H2,(H,20,21). The van der Waals surface area contributed by atoms with Gasteiger partial charge in [-0.25, -0.2) is 4.79 Å². The number of nitrogens with zero attached hydrogens (tertiary/aromatic N) is 1. The zero-order chi connectivity index (χ0) is 16.1. The maximum Gasteiger partial charge on any atom is 0.412 e. The lowest BCUT2D eigenvalue weighted by atomic mass is 10.1. The van der Waals surface area contributed by atoms with Gasteiger partial charge in [-0.15, -0.1) is 11.3 Å². The molecular formula is C17H15N3O2S. The largest absolute Gasteiger partial charge is 0.443 e. The first kappa shape index (κ1) is 15.1. The molecule has 3 aromatic rings. The molecule has 0 bridgehead atoms. The monoisotopic (exact) mass is 325 g/mol. The maximum absolute atomic E-state index is 11.9. The molecule has 0 aliphatic rings. The zero-order valence-electron chi connectivity index (χ0n) is 12.2. The topological polar surface area (TPSA) is 77.2 Å². The fourth-order valence-electron chi connectivity index (χ4n) is 2.03. The predicted molar refractivity (Wildman–Crippen MR) is 92.2 cm³/mol. The molecule has 0 aliphatic heterocycles. The van der Waals surface area contributed by atoms with Gasteiger partial charge in [-0.1, -0.05) is 18.2 Å². The number of pyridine rings is 1. The molecule has 5 nitrogen and oxygen atoms in total. The van der Waals surface area contributed by atoms with E-state index >= 15 is 0 Å². The van der Waals surface area contributed by atoms with E-state index < -0.39 is 6.09 Å². The van der Waals surface area contributed by atoms with Gasteiger partial charge in [0.2, 0.25) is 0 Å². The van der Waals surface area contributed by atoms with Crippen LogP contribution in [-0.2, 0) is 11.3 Å². The number of ether oxygens (including phenoxy) is 1. The summed E-state index contributed by atoms with van der Waals surface area (Å²) < 4.78 is 5.15. The molecule has 1 amide bonds. The first-order valence-corrected chi connectivity index (χ1v) is 7.87. The maximum atomic E-state index is 11.9. The van der Waals surface area contributed by atoms with E-state index in [0.29, 0.717) is 17.1 Å². The Bertz CT molecular complexity index is 789. The Morgan fingerprint density at radius 1 is 1.22 bits per heavy atom. The molecule has 0 radical (unpaired) electrons. The lowest BCUT2D eigenvalue weighted by Crippen LogP contribution is -2.15. The number of amides is 1. The SMILES string of the molecule is Nc1ccc(-c2cccs2)cc1NC(=O)OCc1ccccn1. The molecule has 23 heavy (non-hydrogen) atoms. The molecular weight excluding hydrogens is 310 g/mol. The summed E-state index contributed by atoms with van der Waals surface area (Å²) in [7, 11) is 0. The lowest BCUT2D eigenvalue weighted by Gasteiger charge is -2.10. The molecule has 3 rings (SSSR count). The fourth-order valence-corrected chi connectivity index (χ4v) is 2.75. The van der Waals surface area contributed by atoms with Gasteiger partial charge < -0.3 is 10.5 Å². The van der Waals surface area contributed by atoms with E-state index in [1.54, 1.807) is 35.7 Å². The van der Waals surface area contributed by atoms with Crippen LogP contribution in [0.3, 0.4) is 0 Å². The Morgan fingerprint density at radius 3 is 2.87 bits per heavy atom. The van der Waals surface area contributed by atoms with Crippen LogP contribution in [0.2, 0.25) is 0 Å². The molecule has 0 spiro atoms. The Morgan fingerprint density at radius 2 is 2.13 bits per heavy atom. The van der Waals surface area contributed by atoms with Gasteiger partial charge in [0.1, 0.15) is 6.61 Å². The summed E-state index contributed by atoms with van der Waals surface area (Å²) in [6.07, 6.45) is 1.09. The number of thiophene rings is 1. The third-order valence-corrected chi connectivity index (χ3v) is 4.09. The number of carbonyl (C=O) groups excluding carboxylic acids is 1. The Labute approximate surface area is 137 Å². The van der Waals surface area contributed by atoms with Gasteiger partial charge in [0.25, 0.3) is 0 Å². The van der Waals surface area contributed by atoms with Gasteiger partial charge in [-0.05, 0) is 41.3 Å². The smallest absolute Gasteiger partial charge is 0.412 e. The highest BCUT2D eigenvalue weighted by atomic mass is 32.1. The molecule has 0 atom stereocenters. The number of benzene rings is 1. The molecule has 0 unspecified atom stereocenters. The van der Waals surface area contributed by atoms with Crippen molar-refractivity contribution in [3.8, 4) is 10.4 Å². The fraction of sp³-hybridized carbons (Fsp3) is 0.0588. The van der Waals surface area contributed by atoms with Gasteiger partial charge in [0.05, 0.1) is 17.1 Å². The Balaban J connectivity index is 1.67. The normalized spacial score (nSPS) is 10.3. The average molecular weight is 325 g/mol. The van der Waals surface area contributed by atoms with E-state index in [9.17, 15) is 4.79 Å². The van der Waals surface area contributed by atoms with Crippen molar-refractivity contribution in [3.63, 3.8) is 0 Å². The Kier molecular flexibility index (Phi) is 4.54. The van der Waals surface area contributed by atoms with Crippen LogP contribution in [0.1, 0.15) is 5.69 Å². The minimum absolute atomic E-state index is 0.108. The second-order valence-electron chi connectivity index (χ2n) is 4.80. The van der Waals surface area contributed by atoms with Crippen LogP contribution < -0.4 is 11.1 Å². The molecule has 2 aromatic heterocycles. The van der Waals surface area contributed by atoms with Gasteiger partial charge in [-0.3, -0.25) is 10.3 Å². The van der Waals surface area contributed by atoms with Crippen molar-refractivity contribution in [1.29, 1.82) is 0 Å². The van der Waals surface area contributed by atoms with E-state index in [0.717, 1.165) is 10.4 Å². The third kappa shape index (κ3) is 3.87. The number of carbonyl (C=O) groups is 1. The summed E-state index contributed by atoms with van der Waals surface area (Å²) in [6, 6.07) is 15.0. The molecule has 2 heterocycles. The second kappa shape index (κ2) is 6.93. The molecule has 0 saturated carbocycles. The van der Waals surface area contributed by atoms with E-state index in [-0.39, 0.29) is 6.61 Å². The van der Waals surface area contributed by atoms with Gasteiger partial charge in [0.15, 0.2) is 0 Å². The zero-order valence-corrected chi connectivity index (χ0v) is 13.0. The summed E-state index contributed by atoms with van der Waals surface area (Å²) in [5, 5.41) is 4.67. The van der Waals surface area contributed by atoms with Crippen LogP contribution in [-0.4, -0.2) is 11.1 Å². The first-order chi connectivity index (χ1) is 11.2. The number of nitrogen functional groups attached to an aromatic ring is 1. The summed E-state index contributed by atoms with van der Waals surface area (Å²) in [6.45, 7) is 0.108. The summed E-state index contributed by atoms with van der Waals surface area (Å²) in [5.74, 6) is 0. The molecule has 0 saturated heterocycles. The molecule has 6 heteroatoms. The third-order valence-electron chi connectivity index (χ3n) is 3.17. The number of nitrogens with one attached hydrogen (secondary N) is 1. The van der Waals surface area contributed by atoms with Crippen LogP contribution in [0.25, 0.3) is 10.4 Å². The summed E-state index contributed by atoms with van der Waals surface area (Å²) in [5.41, 5.74) is 8.61. The van der Waals surface area contributed by atoms with Crippen molar-refractivity contribution in [2.45, 2.75) is 6.61 Å². The number of rotatable bonds is 4. The average Bonchev–Trinajstić information content (AvgIpc) is 3.10. The van der Waals surface area contributed by atoms with Crippen molar-refractivity contribution < 1.29 is 9.53 Å². The van der Waals surface area contributed by atoms with Crippen molar-refractivity contribution in [2.75, 3.05) is 11.1 Å². The summed E-state index contributed by atoms with van der Waals surface area (Å²) >= 11 is 1.62. The van der Waals surface area contributed by atoms with Crippen molar-refractivity contribution in [2.24, 2.45) is 0 Å². The highest BCUT2D eigenvalue weighted by molar-refractivity contribution is 7.13. The predicted octanol–water partition coefficient (Wildman–Crippen LogP) is 4.14. The van der Waals surface area contributed by atoms with E-state index in [1.165, 1.54) is 0 Å². The molecule has 0 fully saturated rings. The first-order valence-electron chi connectivity index (χ1n) is 6.99. The quantitative estimate of drug-likeness (QED) is 0.707. The molecule has 3 N–H and O–H groups in total. The minimum Gasteiger partial charge on any atom is -0.443 e. The van der Waals surface area contributed by atoms with Gasteiger partial charge in [0, 0.05) is 11.1 Å². The van der Waals surface area contributed by atoms with Gasteiger partial charge in [-0.2, -0.15) is 0 Å². The highest BCUT2D eigenvalue weighted by Crippen LogP contribution is 2.30. The van der Waals surface area contributed by atoms with Crippen LogP contribution in [0.4, 0.5) is 16.2 Å². The molecule has 0 aliphatic carbocycles. The number of aromatic nitrogens is 1. The molecule has 116 valence electrons. The second-order valence-corrected chi connectivity index (χ2v) is 5.75.